The Morgan fingerprint density at radius 2 is 1.76 bits per heavy atom. The van der Waals surface area contributed by atoms with E-state index in [0.29, 0.717) is 5.56 Å². The minimum Gasteiger partial charge on any atom is -0.479 e. The zero-order valence-electron chi connectivity index (χ0n) is 8.86. The number of ether oxygens (including phenoxy) is 1. The molecule has 7 heteroatoms. The summed E-state index contributed by atoms with van der Waals surface area (Å²) in [6.07, 6.45) is -5.94. The van der Waals surface area contributed by atoms with E-state index in [4.69, 9.17) is 9.84 Å². The Labute approximate surface area is 117 Å². The molecule has 0 spiro atoms. The van der Waals surface area contributed by atoms with Crippen LogP contribution in [-0.2, 0) is 15.7 Å². The standard InChI is InChI=1S/C10H7F3O3.Na/c11-10(12,13)6-3-1-5(2-4-6)7-8(16-7)9(14)15;/h1-4,7-8H,(H,14,15);. The summed E-state index contributed by atoms with van der Waals surface area (Å²) in [5.74, 6) is -1.11. The van der Waals surface area contributed by atoms with Crippen molar-refractivity contribution in [2.75, 3.05) is 0 Å². The van der Waals surface area contributed by atoms with E-state index in [1.165, 1.54) is 12.1 Å². The second-order valence-corrected chi connectivity index (χ2v) is 3.44. The Hall–Kier alpha value is -0.560. The summed E-state index contributed by atoms with van der Waals surface area (Å²) < 4.78 is 41.5. The Kier molecular flexibility index (Phi) is 4.24. The average molecular weight is 255 g/mol. The molecule has 1 fully saturated rings. The van der Waals surface area contributed by atoms with E-state index in [0.717, 1.165) is 12.1 Å². The fourth-order valence-corrected chi connectivity index (χ4v) is 1.42. The predicted octanol–water partition coefficient (Wildman–Crippen LogP) is 1.85. The van der Waals surface area contributed by atoms with Crippen molar-refractivity contribution in [1.82, 2.24) is 0 Å². The van der Waals surface area contributed by atoms with Crippen LogP contribution in [0.5, 0.6) is 0 Å². The van der Waals surface area contributed by atoms with E-state index < -0.39 is 29.9 Å². The molecule has 1 aromatic rings. The second kappa shape index (κ2) is 4.97. The fraction of sp³-hybridized carbons (Fsp3) is 0.300. The third kappa shape index (κ3) is 3.22. The minimum absolute atomic E-state index is 0. The summed E-state index contributed by atoms with van der Waals surface area (Å²) in [5, 5.41) is 8.56. The van der Waals surface area contributed by atoms with Crippen LogP contribution in [0.1, 0.15) is 17.2 Å². The smallest absolute Gasteiger partial charge is 0.416 e. The van der Waals surface area contributed by atoms with Crippen molar-refractivity contribution in [2.24, 2.45) is 0 Å². The van der Waals surface area contributed by atoms with Gasteiger partial charge in [0.1, 0.15) is 6.10 Å². The van der Waals surface area contributed by atoms with Crippen LogP contribution in [0.25, 0.3) is 0 Å². The molecule has 1 radical (unpaired) electrons. The van der Waals surface area contributed by atoms with Crippen LogP contribution in [-0.4, -0.2) is 46.7 Å². The van der Waals surface area contributed by atoms with Gasteiger partial charge in [0.25, 0.3) is 0 Å². The number of rotatable bonds is 2. The maximum Gasteiger partial charge on any atom is 0.416 e. The molecule has 0 amide bonds. The van der Waals surface area contributed by atoms with Crippen LogP contribution in [0.2, 0.25) is 0 Å². The molecule has 2 atom stereocenters. The molecule has 1 heterocycles. The molecule has 1 N–H and O–H groups in total. The molecule has 3 nitrogen and oxygen atoms in total. The number of benzene rings is 1. The number of halogens is 3. The third-order valence-electron chi connectivity index (χ3n) is 2.30. The van der Waals surface area contributed by atoms with Gasteiger partial charge in [0.15, 0.2) is 6.10 Å². The topological polar surface area (TPSA) is 49.8 Å². The first-order valence-electron chi connectivity index (χ1n) is 4.45. The Bertz CT molecular complexity index is 416. The van der Waals surface area contributed by atoms with Crippen LogP contribution in [0.15, 0.2) is 24.3 Å². The third-order valence-corrected chi connectivity index (χ3v) is 2.30. The van der Waals surface area contributed by atoms with Gasteiger partial charge in [-0.3, -0.25) is 0 Å². The van der Waals surface area contributed by atoms with Crippen molar-refractivity contribution in [3.8, 4) is 0 Å². The van der Waals surface area contributed by atoms with E-state index in [2.05, 4.69) is 0 Å². The number of carboxylic acid groups (broad SMARTS) is 1. The molecular weight excluding hydrogens is 248 g/mol. The van der Waals surface area contributed by atoms with Gasteiger partial charge in [-0.25, -0.2) is 4.79 Å². The zero-order valence-corrected chi connectivity index (χ0v) is 10.9. The van der Waals surface area contributed by atoms with Gasteiger partial charge in [-0.05, 0) is 17.7 Å². The molecule has 1 aliphatic rings. The van der Waals surface area contributed by atoms with Crippen molar-refractivity contribution in [1.29, 1.82) is 0 Å². The van der Waals surface area contributed by atoms with Gasteiger partial charge < -0.3 is 9.84 Å². The normalized spacial score (nSPS) is 22.8. The molecule has 2 rings (SSSR count). The molecule has 0 saturated carbocycles. The molecular formula is C10H7F3NaO3. The summed E-state index contributed by atoms with van der Waals surface area (Å²) in [4.78, 5) is 10.5. The largest absolute Gasteiger partial charge is 0.479 e. The van der Waals surface area contributed by atoms with Gasteiger partial charge in [0, 0.05) is 29.6 Å². The van der Waals surface area contributed by atoms with Gasteiger partial charge in [-0.2, -0.15) is 13.2 Å². The number of aliphatic carboxylic acids is 1. The quantitative estimate of drug-likeness (QED) is 0.648. The van der Waals surface area contributed by atoms with E-state index >= 15 is 0 Å². The Morgan fingerprint density at radius 1 is 1.24 bits per heavy atom. The number of carbonyl (C=O) groups is 1. The molecule has 0 aromatic heterocycles. The van der Waals surface area contributed by atoms with Crippen molar-refractivity contribution in [3.63, 3.8) is 0 Å². The molecule has 0 bridgehead atoms. The van der Waals surface area contributed by atoms with Gasteiger partial charge in [-0.15, -0.1) is 0 Å². The van der Waals surface area contributed by atoms with E-state index in [9.17, 15) is 18.0 Å². The molecule has 1 aliphatic heterocycles. The van der Waals surface area contributed by atoms with Crippen molar-refractivity contribution in [2.45, 2.75) is 18.4 Å². The molecule has 2 unspecified atom stereocenters. The van der Waals surface area contributed by atoms with Crippen LogP contribution < -0.4 is 0 Å². The molecule has 1 aromatic carbocycles. The first kappa shape index (κ1) is 14.5. The minimum atomic E-state index is -4.38. The predicted molar refractivity (Wildman–Crippen MR) is 52.4 cm³/mol. The number of hydrogen-bond donors (Lipinski definition) is 1. The van der Waals surface area contributed by atoms with Crippen LogP contribution in [0, 0.1) is 0 Å². The first-order chi connectivity index (χ1) is 7.39. The zero-order chi connectivity index (χ0) is 11.9. The van der Waals surface area contributed by atoms with Crippen LogP contribution in [0.4, 0.5) is 13.2 Å². The monoisotopic (exact) mass is 255 g/mol. The summed E-state index contributed by atoms with van der Waals surface area (Å²) in [6.45, 7) is 0. The number of hydrogen-bond acceptors (Lipinski definition) is 2. The molecule has 17 heavy (non-hydrogen) atoms. The summed E-state index contributed by atoms with van der Waals surface area (Å²) in [5.41, 5.74) is -0.316. The SMILES string of the molecule is O=C(O)C1OC1c1ccc(C(F)(F)F)cc1.[Na]. The maximum atomic E-state index is 12.2. The van der Waals surface area contributed by atoms with Crippen molar-refractivity contribution < 1.29 is 27.8 Å². The molecule has 0 aliphatic carbocycles. The molecule has 1 saturated heterocycles. The fourth-order valence-electron chi connectivity index (χ4n) is 1.42. The number of carboxylic acids is 1. The van der Waals surface area contributed by atoms with Gasteiger partial charge in [0.05, 0.1) is 5.56 Å². The van der Waals surface area contributed by atoms with Gasteiger partial charge in [-0.1, -0.05) is 12.1 Å². The maximum absolute atomic E-state index is 12.2. The van der Waals surface area contributed by atoms with Gasteiger partial charge in [0.2, 0.25) is 0 Å². The van der Waals surface area contributed by atoms with Crippen molar-refractivity contribution in [3.05, 3.63) is 35.4 Å². The Morgan fingerprint density at radius 3 is 2.12 bits per heavy atom. The number of alkyl halides is 3. The van der Waals surface area contributed by atoms with E-state index in [-0.39, 0.29) is 29.6 Å². The molecule has 87 valence electrons. The van der Waals surface area contributed by atoms with Crippen LogP contribution >= 0.6 is 0 Å². The Balaban J connectivity index is 0.00000144. The van der Waals surface area contributed by atoms with E-state index in [1.54, 1.807) is 0 Å². The summed E-state index contributed by atoms with van der Waals surface area (Å²) in [7, 11) is 0. The average Bonchev–Trinajstić information content (AvgIpc) is 2.96. The first-order valence-corrected chi connectivity index (χ1v) is 4.45. The van der Waals surface area contributed by atoms with E-state index in [1.807, 2.05) is 0 Å². The summed E-state index contributed by atoms with van der Waals surface area (Å²) >= 11 is 0. The summed E-state index contributed by atoms with van der Waals surface area (Å²) in [6, 6.07) is 4.29. The second-order valence-electron chi connectivity index (χ2n) is 3.44. The van der Waals surface area contributed by atoms with Crippen LogP contribution in [0.3, 0.4) is 0 Å². The van der Waals surface area contributed by atoms with Gasteiger partial charge >= 0.3 is 12.1 Å². The van der Waals surface area contributed by atoms with Crippen molar-refractivity contribution >= 4 is 35.5 Å². The number of epoxide rings is 1.